The number of halogens is 1. The van der Waals surface area contributed by atoms with E-state index < -0.39 is 6.63 Å². The van der Waals surface area contributed by atoms with Gasteiger partial charge in [0.15, 0.2) is 6.63 Å². The molecule has 5 heteroatoms. The maximum absolute atomic E-state index is 6.27. The van der Waals surface area contributed by atoms with Gasteiger partial charge in [0.25, 0.3) is 0 Å². The summed E-state index contributed by atoms with van der Waals surface area (Å²) in [5, 5.41) is 5.70. The fourth-order valence-corrected chi connectivity index (χ4v) is 5.74. The molecule has 1 heterocycles. The Labute approximate surface area is 106 Å². The zero-order valence-corrected chi connectivity index (χ0v) is 11.8. The Hall–Kier alpha value is -0.240. The van der Waals surface area contributed by atoms with E-state index in [9.17, 15) is 0 Å². The molecule has 0 spiro atoms. The summed E-state index contributed by atoms with van der Waals surface area (Å²) in [6.07, 6.45) is 0.889. The molecular formula is C11H14ClN2PS. The van der Waals surface area contributed by atoms with Crippen molar-refractivity contribution in [3.63, 3.8) is 0 Å². The van der Waals surface area contributed by atoms with Crippen molar-refractivity contribution in [2.45, 2.75) is 26.3 Å². The van der Waals surface area contributed by atoms with Crippen LogP contribution in [0.1, 0.15) is 19.4 Å². The van der Waals surface area contributed by atoms with Gasteiger partial charge in [-0.25, -0.2) is 4.78 Å². The molecule has 1 aromatic rings. The van der Waals surface area contributed by atoms with Crippen molar-refractivity contribution < 1.29 is 0 Å². The van der Waals surface area contributed by atoms with E-state index in [0.717, 1.165) is 11.5 Å². The van der Waals surface area contributed by atoms with Gasteiger partial charge < -0.3 is 0 Å². The number of nitrogens with zero attached hydrogens (tertiary/aromatic N) is 2. The molecule has 0 saturated carbocycles. The molecule has 16 heavy (non-hydrogen) atoms. The average molecular weight is 273 g/mol. The second-order valence-electron chi connectivity index (χ2n) is 3.89. The molecule has 1 aliphatic heterocycles. The van der Waals surface area contributed by atoms with Crippen molar-refractivity contribution in [3.05, 3.63) is 35.9 Å². The van der Waals surface area contributed by atoms with Gasteiger partial charge in [-0.1, -0.05) is 41.6 Å². The summed E-state index contributed by atoms with van der Waals surface area (Å²) in [4.78, 5) is 0. The largest absolute Gasteiger partial charge is 0.248 e. The van der Waals surface area contributed by atoms with Crippen LogP contribution in [0.5, 0.6) is 0 Å². The van der Waals surface area contributed by atoms with Crippen molar-refractivity contribution in [2.75, 3.05) is 0 Å². The number of hydrogen-bond donors (Lipinski definition) is 0. The van der Waals surface area contributed by atoms with Crippen molar-refractivity contribution in [1.29, 1.82) is 0 Å². The molecule has 2 nitrogen and oxygen atoms in total. The normalized spacial score (nSPS) is 20.4. The third-order valence-electron chi connectivity index (χ3n) is 2.22. The van der Waals surface area contributed by atoms with Crippen LogP contribution < -0.4 is 0 Å². The molecule has 0 amide bonds. The van der Waals surface area contributed by atoms with Crippen LogP contribution in [0.15, 0.2) is 35.4 Å². The molecule has 0 fully saturated rings. The first-order valence-electron chi connectivity index (χ1n) is 5.21. The molecular weight excluding hydrogens is 259 g/mol. The lowest BCUT2D eigenvalue weighted by Crippen LogP contribution is -2.15. The average Bonchev–Trinajstić information content (AvgIpc) is 2.61. The highest BCUT2D eigenvalue weighted by atomic mass is 35.7. The lowest BCUT2D eigenvalue weighted by Gasteiger charge is -2.20. The first-order valence-corrected chi connectivity index (χ1v) is 8.83. The number of benzene rings is 1. The van der Waals surface area contributed by atoms with Gasteiger partial charge in [0.1, 0.15) is 5.04 Å². The quantitative estimate of drug-likeness (QED) is 0.755. The van der Waals surface area contributed by atoms with Crippen LogP contribution in [0.2, 0.25) is 0 Å². The minimum Gasteiger partial charge on any atom is -0.248 e. The molecule has 0 N–H and O–H groups in total. The van der Waals surface area contributed by atoms with E-state index in [1.54, 1.807) is 11.4 Å². The van der Waals surface area contributed by atoms with Gasteiger partial charge in [-0.05, 0) is 30.8 Å². The Bertz CT molecular complexity index is 383. The molecule has 2 rings (SSSR count). The molecule has 0 aliphatic carbocycles. The molecule has 0 bridgehead atoms. The topological polar surface area (TPSA) is 15.6 Å². The van der Waals surface area contributed by atoms with Gasteiger partial charge in [-0.15, -0.1) is 0 Å². The highest BCUT2D eigenvalue weighted by molar-refractivity contribution is 8.69. The van der Waals surface area contributed by atoms with Crippen LogP contribution >= 0.6 is 29.2 Å². The monoisotopic (exact) mass is 272 g/mol. The molecule has 0 aromatic heterocycles. The van der Waals surface area contributed by atoms with E-state index in [-0.39, 0.29) is 0 Å². The number of rotatable bonds is 3. The van der Waals surface area contributed by atoms with Crippen LogP contribution in [-0.4, -0.2) is 15.9 Å². The van der Waals surface area contributed by atoms with Gasteiger partial charge in [0, 0.05) is 12.5 Å². The van der Waals surface area contributed by atoms with E-state index >= 15 is 0 Å². The van der Waals surface area contributed by atoms with Crippen molar-refractivity contribution >= 4 is 34.3 Å². The van der Waals surface area contributed by atoms with Crippen molar-refractivity contribution in [3.8, 4) is 0 Å². The summed E-state index contributed by atoms with van der Waals surface area (Å²) < 4.78 is 2.01. The minimum atomic E-state index is -0.685. The summed E-state index contributed by atoms with van der Waals surface area (Å²) in [7, 11) is 0. The third-order valence-corrected chi connectivity index (χ3v) is 6.35. The van der Waals surface area contributed by atoms with E-state index in [1.807, 2.05) is 10.8 Å². The minimum absolute atomic E-state index is 0.379. The summed E-state index contributed by atoms with van der Waals surface area (Å²) >= 11 is 7.98. The molecule has 1 aromatic carbocycles. The lowest BCUT2D eigenvalue weighted by molar-refractivity contribution is 0.416. The summed E-state index contributed by atoms with van der Waals surface area (Å²) in [6.45, 7) is 3.55. The second kappa shape index (κ2) is 5.39. The molecule has 1 unspecified atom stereocenters. The second-order valence-corrected chi connectivity index (χ2v) is 8.55. The van der Waals surface area contributed by atoms with Gasteiger partial charge in [-0.2, -0.15) is 5.10 Å². The highest BCUT2D eigenvalue weighted by Crippen LogP contribution is 2.63. The fourth-order valence-electron chi connectivity index (χ4n) is 1.43. The van der Waals surface area contributed by atoms with E-state index in [1.165, 1.54) is 5.56 Å². The summed E-state index contributed by atoms with van der Waals surface area (Å²) in [5.41, 5.74) is 1.29. The lowest BCUT2D eigenvalue weighted by atomic mass is 10.2. The van der Waals surface area contributed by atoms with Gasteiger partial charge in [0.05, 0.1) is 0 Å². The predicted octanol–water partition coefficient (Wildman–Crippen LogP) is 4.47. The predicted molar refractivity (Wildman–Crippen MR) is 74.9 cm³/mol. The SMILES string of the molecule is CC(C)N1N=C(Cc2ccccc2)SP1Cl. The number of hydrogen-bond acceptors (Lipinski definition) is 3. The zero-order chi connectivity index (χ0) is 11.5. The van der Waals surface area contributed by atoms with Crippen LogP contribution in [0.4, 0.5) is 0 Å². The standard InChI is InChI=1S/C11H14ClN2PS/c1-9(2)14-13-11(16-15(14)12)8-10-6-4-3-5-7-10/h3-7,9H,8H2,1-2H3. The van der Waals surface area contributed by atoms with Crippen LogP contribution in [0.3, 0.4) is 0 Å². The van der Waals surface area contributed by atoms with Crippen LogP contribution in [0.25, 0.3) is 0 Å². The zero-order valence-electron chi connectivity index (χ0n) is 9.30. The third kappa shape index (κ3) is 2.91. The Morgan fingerprint density at radius 2 is 2.06 bits per heavy atom. The maximum atomic E-state index is 6.27. The van der Waals surface area contributed by atoms with E-state index in [4.69, 9.17) is 11.2 Å². The fraction of sp³-hybridized carbons (Fsp3) is 0.364. The molecule has 1 atom stereocenters. The summed E-state index contributed by atoms with van der Waals surface area (Å²) in [6, 6.07) is 10.8. The Balaban J connectivity index is 2.05. The molecule has 86 valence electrons. The summed E-state index contributed by atoms with van der Waals surface area (Å²) in [5.74, 6) is 0. The Morgan fingerprint density at radius 1 is 1.38 bits per heavy atom. The van der Waals surface area contributed by atoms with Crippen molar-refractivity contribution in [1.82, 2.24) is 4.78 Å². The van der Waals surface area contributed by atoms with E-state index in [2.05, 4.69) is 43.2 Å². The van der Waals surface area contributed by atoms with Crippen LogP contribution in [-0.2, 0) is 6.42 Å². The Kier molecular flexibility index (Phi) is 4.12. The van der Waals surface area contributed by atoms with Crippen LogP contribution in [0, 0.1) is 0 Å². The molecule has 1 aliphatic rings. The highest BCUT2D eigenvalue weighted by Gasteiger charge is 2.27. The molecule has 0 radical (unpaired) electrons. The maximum Gasteiger partial charge on any atom is 0.174 e. The first kappa shape index (κ1) is 12.2. The molecule has 0 saturated heterocycles. The number of hydrazone groups is 1. The smallest absolute Gasteiger partial charge is 0.174 e. The van der Waals surface area contributed by atoms with Gasteiger partial charge >= 0.3 is 0 Å². The van der Waals surface area contributed by atoms with Gasteiger partial charge in [-0.3, -0.25) is 0 Å². The van der Waals surface area contributed by atoms with Crippen molar-refractivity contribution in [2.24, 2.45) is 5.10 Å². The Morgan fingerprint density at radius 3 is 2.62 bits per heavy atom. The van der Waals surface area contributed by atoms with Gasteiger partial charge in [0.2, 0.25) is 0 Å². The van der Waals surface area contributed by atoms with E-state index in [0.29, 0.717) is 6.04 Å². The first-order chi connectivity index (χ1) is 7.66.